The molecule has 2 rings (SSSR count). The zero-order valence-corrected chi connectivity index (χ0v) is 12.7. The Morgan fingerprint density at radius 2 is 1.95 bits per heavy atom. The number of benzene rings is 1. The van der Waals surface area contributed by atoms with E-state index in [1.165, 1.54) is 23.9 Å². The van der Waals surface area contributed by atoms with Crippen LogP contribution in [-0.2, 0) is 0 Å². The summed E-state index contributed by atoms with van der Waals surface area (Å²) in [5.74, 6) is 0.570. The van der Waals surface area contributed by atoms with Crippen LogP contribution >= 0.6 is 11.8 Å². The van der Waals surface area contributed by atoms with Gasteiger partial charge >= 0.3 is 0 Å². The first-order chi connectivity index (χ1) is 9.51. The number of rotatable bonds is 5. The van der Waals surface area contributed by atoms with E-state index in [0.717, 1.165) is 23.4 Å². The van der Waals surface area contributed by atoms with Crippen LogP contribution in [0.15, 0.2) is 33.9 Å². The quantitative estimate of drug-likeness (QED) is 0.847. The fourth-order valence-corrected chi connectivity index (χ4v) is 3.11. The Labute approximate surface area is 122 Å². The Morgan fingerprint density at radius 1 is 1.30 bits per heavy atom. The summed E-state index contributed by atoms with van der Waals surface area (Å²) in [6.07, 6.45) is 0.827. The molecule has 5 heteroatoms. The molecule has 0 saturated carbocycles. The molecule has 0 bridgehead atoms. The molecule has 0 aliphatic heterocycles. The zero-order chi connectivity index (χ0) is 14.7. The van der Waals surface area contributed by atoms with Crippen molar-refractivity contribution in [2.75, 3.05) is 0 Å². The molecule has 0 fully saturated rings. The number of hydrogen-bond acceptors (Lipinski definition) is 4. The number of hydrogen-bond donors (Lipinski definition) is 1. The minimum atomic E-state index is -0.245. The predicted octanol–water partition coefficient (Wildman–Crippen LogP) is 4.00. The Morgan fingerprint density at radius 3 is 2.45 bits per heavy atom. The van der Waals surface area contributed by atoms with E-state index >= 15 is 0 Å². The van der Waals surface area contributed by atoms with Gasteiger partial charge in [0, 0.05) is 6.04 Å². The number of aryl methyl sites for hydroxylation is 2. The highest BCUT2D eigenvalue weighted by Crippen LogP contribution is 2.38. The Kier molecular flexibility index (Phi) is 4.83. The summed E-state index contributed by atoms with van der Waals surface area (Å²) in [5, 5.41) is 0.608. The summed E-state index contributed by atoms with van der Waals surface area (Å²) in [7, 11) is 0. The Bertz CT molecular complexity index is 548. The molecule has 1 heterocycles. The Hall–Kier alpha value is -1.33. The minimum absolute atomic E-state index is 0.00181. The smallest absolute Gasteiger partial charge is 0.256 e. The third-order valence-electron chi connectivity index (χ3n) is 3.30. The summed E-state index contributed by atoms with van der Waals surface area (Å²) >= 11 is 1.49. The summed E-state index contributed by atoms with van der Waals surface area (Å²) in [5.41, 5.74) is 8.07. The largest absolute Gasteiger partial charge is 0.437 e. The minimum Gasteiger partial charge on any atom is -0.437 e. The van der Waals surface area contributed by atoms with Gasteiger partial charge in [-0.2, -0.15) is 0 Å². The van der Waals surface area contributed by atoms with Crippen molar-refractivity contribution in [3.63, 3.8) is 0 Å². The second-order valence-corrected chi connectivity index (χ2v) is 5.88. The molecule has 2 unspecified atom stereocenters. The Balaban J connectivity index is 2.25. The van der Waals surface area contributed by atoms with Gasteiger partial charge in [0.15, 0.2) is 0 Å². The number of oxazole rings is 1. The highest BCUT2D eigenvalue weighted by molar-refractivity contribution is 7.99. The van der Waals surface area contributed by atoms with Crippen LogP contribution in [0.5, 0.6) is 0 Å². The van der Waals surface area contributed by atoms with Crippen molar-refractivity contribution >= 4 is 11.8 Å². The molecule has 2 N–H and O–H groups in total. The van der Waals surface area contributed by atoms with Crippen molar-refractivity contribution in [3.05, 3.63) is 47.1 Å². The van der Waals surface area contributed by atoms with E-state index in [9.17, 15) is 4.39 Å². The average Bonchev–Trinajstić information content (AvgIpc) is 2.75. The van der Waals surface area contributed by atoms with E-state index in [0.29, 0.717) is 5.22 Å². The van der Waals surface area contributed by atoms with Crippen LogP contribution in [0.1, 0.15) is 35.6 Å². The van der Waals surface area contributed by atoms with Crippen molar-refractivity contribution in [2.24, 2.45) is 5.73 Å². The van der Waals surface area contributed by atoms with Crippen LogP contribution < -0.4 is 5.73 Å². The first-order valence-electron chi connectivity index (χ1n) is 6.63. The normalized spacial score (nSPS) is 14.2. The first kappa shape index (κ1) is 15.1. The number of aromatic nitrogens is 1. The van der Waals surface area contributed by atoms with Gasteiger partial charge in [-0.25, -0.2) is 9.37 Å². The van der Waals surface area contributed by atoms with Crippen molar-refractivity contribution in [1.29, 1.82) is 0 Å². The van der Waals surface area contributed by atoms with Gasteiger partial charge < -0.3 is 10.2 Å². The first-order valence-corrected chi connectivity index (χ1v) is 7.51. The molecule has 108 valence electrons. The van der Waals surface area contributed by atoms with Gasteiger partial charge in [0.25, 0.3) is 5.22 Å². The van der Waals surface area contributed by atoms with Gasteiger partial charge in [-0.1, -0.05) is 30.8 Å². The van der Waals surface area contributed by atoms with Crippen LogP contribution in [-0.4, -0.2) is 11.0 Å². The fraction of sp³-hybridized carbons (Fsp3) is 0.400. The van der Waals surface area contributed by atoms with Gasteiger partial charge in [0.1, 0.15) is 11.6 Å². The van der Waals surface area contributed by atoms with Crippen LogP contribution in [0.2, 0.25) is 0 Å². The molecule has 0 saturated heterocycles. The fourth-order valence-electron chi connectivity index (χ4n) is 1.87. The lowest BCUT2D eigenvalue weighted by atomic mass is 10.0. The molecule has 0 radical (unpaired) electrons. The molecule has 2 aromatic rings. The van der Waals surface area contributed by atoms with Crippen LogP contribution in [0.25, 0.3) is 0 Å². The third-order valence-corrected chi connectivity index (χ3v) is 4.55. The SMILES string of the molecule is CCC(N)C(Sc1nc(C)c(C)o1)c1ccc(F)cc1. The van der Waals surface area contributed by atoms with Crippen molar-refractivity contribution in [1.82, 2.24) is 4.98 Å². The lowest BCUT2D eigenvalue weighted by Crippen LogP contribution is -2.25. The zero-order valence-electron chi connectivity index (χ0n) is 11.9. The molecule has 1 aromatic carbocycles. The lowest BCUT2D eigenvalue weighted by Gasteiger charge is -2.21. The van der Waals surface area contributed by atoms with Gasteiger partial charge in [0.05, 0.1) is 10.9 Å². The van der Waals surface area contributed by atoms with Crippen molar-refractivity contribution in [2.45, 2.75) is 43.7 Å². The molecule has 1 aromatic heterocycles. The number of nitrogens with zero attached hydrogens (tertiary/aromatic N) is 1. The molecule has 0 spiro atoms. The van der Waals surface area contributed by atoms with Crippen LogP contribution in [0.3, 0.4) is 0 Å². The number of thioether (sulfide) groups is 1. The van der Waals surface area contributed by atoms with Gasteiger partial charge in [-0.3, -0.25) is 0 Å². The van der Waals surface area contributed by atoms with E-state index in [4.69, 9.17) is 10.2 Å². The molecule has 2 atom stereocenters. The van der Waals surface area contributed by atoms with E-state index in [-0.39, 0.29) is 17.1 Å². The number of halogens is 1. The van der Waals surface area contributed by atoms with Crippen molar-refractivity contribution < 1.29 is 8.81 Å². The highest BCUT2D eigenvalue weighted by Gasteiger charge is 2.22. The van der Waals surface area contributed by atoms with Crippen LogP contribution in [0.4, 0.5) is 4.39 Å². The molecule has 0 aliphatic rings. The maximum absolute atomic E-state index is 13.0. The summed E-state index contributed by atoms with van der Waals surface area (Å²) in [6.45, 7) is 5.84. The summed E-state index contributed by atoms with van der Waals surface area (Å²) in [6, 6.07) is 6.41. The third kappa shape index (κ3) is 3.41. The lowest BCUT2D eigenvalue weighted by molar-refractivity contribution is 0.429. The van der Waals surface area contributed by atoms with E-state index in [1.54, 1.807) is 12.1 Å². The molecule has 0 aliphatic carbocycles. The average molecular weight is 294 g/mol. The molecule has 3 nitrogen and oxygen atoms in total. The second kappa shape index (κ2) is 6.41. The van der Waals surface area contributed by atoms with E-state index in [1.807, 2.05) is 20.8 Å². The van der Waals surface area contributed by atoms with Crippen LogP contribution in [0, 0.1) is 19.7 Å². The van der Waals surface area contributed by atoms with Gasteiger partial charge in [-0.15, -0.1) is 0 Å². The maximum Gasteiger partial charge on any atom is 0.256 e. The highest BCUT2D eigenvalue weighted by atomic mass is 32.2. The monoisotopic (exact) mass is 294 g/mol. The summed E-state index contributed by atoms with van der Waals surface area (Å²) < 4.78 is 18.7. The molecule has 0 amide bonds. The van der Waals surface area contributed by atoms with Gasteiger partial charge in [-0.05, 0) is 38.0 Å². The second-order valence-electron chi connectivity index (χ2n) is 4.78. The van der Waals surface area contributed by atoms with E-state index in [2.05, 4.69) is 4.98 Å². The predicted molar refractivity (Wildman–Crippen MR) is 79.2 cm³/mol. The topological polar surface area (TPSA) is 52.0 Å². The standard InChI is InChI=1S/C15H19FN2OS/c1-4-13(17)14(11-5-7-12(16)8-6-11)20-15-18-9(2)10(3)19-15/h5-8,13-14H,4,17H2,1-3H3. The molecular weight excluding hydrogens is 275 g/mol. The van der Waals surface area contributed by atoms with E-state index < -0.39 is 0 Å². The van der Waals surface area contributed by atoms with Crippen molar-refractivity contribution in [3.8, 4) is 0 Å². The van der Waals surface area contributed by atoms with Gasteiger partial charge in [0.2, 0.25) is 0 Å². The molecular formula is C15H19FN2OS. The summed E-state index contributed by atoms with van der Waals surface area (Å²) in [4.78, 5) is 4.38. The molecule has 20 heavy (non-hydrogen) atoms. The maximum atomic E-state index is 13.0. The number of nitrogens with two attached hydrogens (primary N) is 1.